The number of fused-ring (bicyclic) bond motifs is 1. The largest absolute Gasteiger partial charge is 0.492 e. The maximum Gasteiger partial charge on any atom is 0.417 e. The number of piperazine rings is 1. The number of rotatable bonds is 4. The monoisotopic (exact) mass is 531 g/mol. The van der Waals surface area contributed by atoms with Crippen molar-refractivity contribution < 1.29 is 27.5 Å². The number of alkyl halides is 3. The number of hydrogen-bond acceptors (Lipinski definition) is 6. The summed E-state index contributed by atoms with van der Waals surface area (Å²) in [4.78, 5) is 19.8. The molecule has 0 saturated carbocycles. The van der Waals surface area contributed by atoms with Gasteiger partial charge in [-0.2, -0.15) is 23.3 Å². The summed E-state index contributed by atoms with van der Waals surface area (Å²) in [7, 11) is 0. The van der Waals surface area contributed by atoms with E-state index >= 15 is 0 Å². The fourth-order valence-electron chi connectivity index (χ4n) is 4.27. The topological polar surface area (TPSA) is 85.4 Å². The Bertz CT molecular complexity index is 1500. The third-order valence-electron chi connectivity index (χ3n) is 6.21. The second-order valence-corrected chi connectivity index (χ2v) is 9.58. The number of anilines is 1. The lowest BCUT2D eigenvalue weighted by atomic mass is 9.97. The van der Waals surface area contributed by atoms with Gasteiger partial charge in [-0.3, -0.25) is 9.89 Å². The average molecular weight is 532 g/mol. The van der Waals surface area contributed by atoms with E-state index in [1.54, 1.807) is 29.3 Å². The summed E-state index contributed by atoms with van der Waals surface area (Å²) < 4.78 is 55.0. The van der Waals surface area contributed by atoms with Gasteiger partial charge in [0.2, 0.25) is 11.8 Å². The van der Waals surface area contributed by atoms with Gasteiger partial charge in [0, 0.05) is 44.1 Å². The molecule has 1 aliphatic rings. The van der Waals surface area contributed by atoms with E-state index in [2.05, 4.69) is 15.2 Å². The highest BCUT2D eigenvalue weighted by molar-refractivity contribution is 7.17. The van der Waals surface area contributed by atoms with Gasteiger partial charge in [0.1, 0.15) is 10.7 Å². The molecule has 2 aromatic carbocycles. The number of thiazole rings is 1. The maximum absolute atomic E-state index is 13.8. The van der Waals surface area contributed by atoms with Gasteiger partial charge >= 0.3 is 6.18 Å². The van der Waals surface area contributed by atoms with Crippen LogP contribution in [0.2, 0.25) is 0 Å². The van der Waals surface area contributed by atoms with Gasteiger partial charge in [-0.25, -0.2) is 4.39 Å². The highest BCUT2D eigenvalue weighted by Gasteiger charge is 2.34. The van der Waals surface area contributed by atoms with Crippen LogP contribution in [0, 0.1) is 5.82 Å². The molecule has 0 aliphatic carbocycles. The molecular formula is C25H21F4N5O2S. The average Bonchev–Trinajstić information content (AvgIpc) is 3.48. The van der Waals surface area contributed by atoms with Crippen molar-refractivity contribution in [3.05, 3.63) is 70.0 Å². The van der Waals surface area contributed by atoms with Crippen LogP contribution in [0.5, 0.6) is 5.88 Å². The van der Waals surface area contributed by atoms with Crippen LogP contribution in [0.1, 0.15) is 28.5 Å². The molecule has 7 nitrogen and oxygen atoms in total. The van der Waals surface area contributed by atoms with Crippen LogP contribution in [-0.2, 0) is 11.0 Å². The van der Waals surface area contributed by atoms with Crippen molar-refractivity contribution in [2.75, 3.05) is 31.1 Å². The van der Waals surface area contributed by atoms with Gasteiger partial charge in [0.05, 0.1) is 17.3 Å². The molecule has 2 N–H and O–H groups in total. The zero-order chi connectivity index (χ0) is 26.3. The molecule has 1 amide bonds. The van der Waals surface area contributed by atoms with E-state index in [1.165, 1.54) is 13.0 Å². The smallest absolute Gasteiger partial charge is 0.417 e. The highest BCUT2D eigenvalue weighted by atomic mass is 32.1. The zero-order valence-electron chi connectivity index (χ0n) is 19.5. The molecule has 0 atom stereocenters. The summed E-state index contributed by atoms with van der Waals surface area (Å²) in [6, 6.07) is 7.66. The van der Waals surface area contributed by atoms with Crippen LogP contribution in [0.3, 0.4) is 0 Å². The first-order valence-electron chi connectivity index (χ1n) is 11.3. The molecule has 4 aromatic rings. The minimum atomic E-state index is -4.79. The standard InChI is InChI=1S/C25H21F4N5O2S/c1-14(35)33-6-8-34(9-7-33)24-31-23(36)22(37-24)19(15-3-5-21-17(10-15)13-30-32-21)11-16-2-4-18(26)12-20(16)25(27,28)29/h2-5,10-13,36H,6-9H2,1H3,(H,30,32). The first kappa shape index (κ1) is 24.8. The van der Waals surface area contributed by atoms with Crippen LogP contribution >= 0.6 is 11.3 Å². The molecule has 1 saturated heterocycles. The number of carbonyl (C=O) groups is 1. The number of nitrogens with zero attached hydrogens (tertiary/aromatic N) is 4. The Morgan fingerprint density at radius 2 is 1.89 bits per heavy atom. The lowest BCUT2D eigenvalue weighted by Crippen LogP contribution is -2.48. The Labute approximate surface area is 212 Å². The van der Waals surface area contributed by atoms with Crippen molar-refractivity contribution in [2.45, 2.75) is 13.1 Å². The summed E-state index contributed by atoms with van der Waals surface area (Å²) in [6.07, 6.45) is -1.92. The number of halogens is 4. The summed E-state index contributed by atoms with van der Waals surface area (Å²) in [5, 5.41) is 18.9. The number of aromatic nitrogens is 3. The molecule has 0 radical (unpaired) electrons. The molecule has 12 heteroatoms. The predicted molar refractivity (Wildman–Crippen MR) is 133 cm³/mol. The quantitative estimate of drug-likeness (QED) is 0.281. The first-order valence-corrected chi connectivity index (χ1v) is 12.1. The van der Waals surface area contributed by atoms with Crippen LogP contribution < -0.4 is 4.90 Å². The van der Waals surface area contributed by atoms with Gasteiger partial charge < -0.3 is 14.9 Å². The molecule has 192 valence electrons. The molecule has 37 heavy (non-hydrogen) atoms. The second-order valence-electron chi connectivity index (χ2n) is 8.60. The van der Waals surface area contributed by atoms with Crippen molar-refractivity contribution in [3.8, 4) is 5.88 Å². The van der Waals surface area contributed by atoms with Crippen molar-refractivity contribution in [1.82, 2.24) is 20.1 Å². The van der Waals surface area contributed by atoms with E-state index in [4.69, 9.17) is 0 Å². The second kappa shape index (κ2) is 9.51. The maximum atomic E-state index is 13.8. The molecule has 0 spiro atoms. The fourth-order valence-corrected chi connectivity index (χ4v) is 5.32. The molecule has 0 bridgehead atoms. The number of aromatic amines is 1. The van der Waals surface area contributed by atoms with Crippen LogP contribution in [0.15, 0.2) is 42.6 Å². The summed E-state index contributed by atoms with van der Waals surface area (Å²) in [6.45, 7) is 3.50. The molecular weight excluding hydrogens is 510 g/mol. The van der Waals surface area contributed by atoms with E-state index in [1.807, 2.05) is 4.90 Å². The van der Waals surface area contributed by atoms with Crippen LogP contribution in [0.4, 0.5) is 22.7 Å². The van der Waals surface area contributed by atoms with E-state index in [0.717, 1.165) is 34.4 Å². The molecule has 1 aliphatic heterocycles. The third kappa shape index (κ3) is 5.01. The van der Waals surface area contributed by atoms with Gasteiger partial charge in [-0.05, 0) is 41.5 Å². The fraction of sp³-hybridized carbons (Fsp3) is 0.240. The van der Waals surface area contributed by atoms with Crippen molar-refractivity contribution >= 4 is 44.9 Å². The number of H-pyrrole nitrogens is 1. The van der Waals surface area contributed by atoms with E-state index in [-0.39, 0.29) is 22.2 Å². The Kier molecular flexibility index (Phi) is 6.36. The predicted octanol–water partition coefficient (Wildman–Crippen LogP) is 5.14. The van der Waals surface area contributed by atoms with Gasteiger partial charge in [-0.1, -0.05) is 23.5 Å². The van der Waals surface area contributed by atoms with Crippen LogP contribution in [0.25, 0.3) is 22.6 Å². The minimum absolute atomic E-state index is 0.0260. The Balaban J connectivity index is 1.62. The van der Waals surface area contributed by atoms with Crippen molar-refractivity contribution in [1.29, 1.82) is 0 Å². The number of benzene rings is 2. The van der Waals surface area contributed by atoms with Crippen molar-refractivity contribution in [3.63, 3.8) is 0 Å². The zero-order valence-corrected chi connectivity index (χ0v) is 20.3. The molecule has 2 aromatic heterocycles. The molecule has 0 unspecified atom stereocenters. The van der Waals surface area contributed by atoms with Gasteiger partial charge in [0.15, 0.2) is 5.13 Å². The number of hydrogen-bond donors (Lipinski definition) is 2. The Morgan fingerprint density at radius 1 is 1.14 bits per heavy atom. The number of carbonyl (C=O) groups excluding carboxylic acids is 1. The third-order valence-corrected chi connectivity index (χ3v) is 7.35. The number of nitrogens with one attached hydrogen (secondary N) is 1. The van der Waals surface area contributed by atoms with Gasteiger partial charge in [0.25, 0.3) is 0 Å². The molecule has 1 fully saturated rings. The number of amides is 1. The molecule has 3 heterocycles. The van der Waals surface area contributed by atoms with Gasteiger partial charge in [-0.15, -0.1) is 0 Å². The summed E-state index contributed by atoms with van der Waals surface area (Å²) in [5.74, 6) is -1.36. The van der Waals surface area contributed by atoms with Crippen molar-refractivity contribution in [2.24, 2.45) is 0 Å². The lowest BCUT2D eigenvalue weighted by molar-refractivity contribution is -0.138. The minimum Gasteiger partial charge on any atom is -0.492 e. The number of aromatic hydroxyl groups is 1. The highest BCUT2D eigenvalue weighted by Crippen LogP contribution is 2.42. The lowest BCUT2D eigenvalue weighted by Gasteiger charge is -2.33. The Morgan fingerprint density at radius 3 is 2.59 bits per heavy atom. The van der Waals surface area contributed by atoms with Crippen LogP contribution in [-0.4, -0.2) is 57.3 Å². The van der Waals surface area contributed by atoms with E-state index in [9.17, 15) is 27.5 Å². The van der Waals surface area contributed by atoms with E-state index < -0.39 is 17.6 Å². The SMILES string of the molecule is CC(=O)N1CCN(c2nc(O)c(C(=Cc3ccc(F)cc3C(F)(F)F)c3ccc4[nH]ncc4c3)s2)CC1. The normalized spacial score (nSPS) is 15.0. The molecule has 5 rings (SSSR count). The van der Waals surface area contributed by atoms with E-state index in [0.29, 0.717) is 48.5 Å². The first-order chi connectivity index (χ1) is 17.6. The summed E-state index contributed by atoms with van der Waals surface area (Å²) >= 11 is 1.14. The Hall–Kier alpha value is -3.93. The summed E-state index contributed by atoms with van der Waals surface area (Å²) in [5.41, 5.74) is 0.181.